The van der Waals surface area contributed by atoms with Gasteiger partial charge in [0, 0.05) is 51.9 Å². The molecule has 1 aromatic heterocycles. The third-order valence-corrected chi connectivity index (χ3v) is 4.48. The third kappa shape index (κ3) is 4.06. The van der Waals surface area contributed by atoms with Crippen LogP contribution >= 0.6 is 0 Å². The van der Waals surface area contributed by atoms with E-state index in [-0.39, 0.29) is 11.3 Å². The largest absolute Gasteiger partial charge is 0.345 e. The fourth-order valence-corrected chi connectivity index (χ4v) is 3.33. The Kier molecular flexibility index (Phi) is 5.04. The summed E-state index contributed by atoms with van der Waals surface area (Å²) in [6.07, 6.45) is 6.39. The van der Waals surface area contributed by atoms with E-state index < -0.39 is 0 Å². The highest BCUT2D eigenvalue weighted by Gasteiger charge is 2.33. The lowest BCUT2D eigenvalue weighted by molar-refractivity contribution is -0.131. The molecule has 2 rings (SSSR count). The maximum Gasteiger partial charge on any atom is 0.224 e. The van der Waals surface area contributed by atoms with Crippen LogP contribution in [0, 0.1) is 5.41 Å². The summed E-state index contributed by atoms with van der Waals surface area (Å²) >= 11 is 0. The van der Waals surface area contributed by atoms with E-state index in [1.165, 1.54) is 6.42 Å². The first kappa shape index (κ1) is 16.0. The van der Waals surface area contributed by atoms with Gasteiger partial charge in [0.15, 0.2) is 0 Å². The molecule has 5 nitrogen and oxygen atoms in total. The zero-order valence-electron chi connectivity index (χ0n) is 13.8. The van der Waals surface area contributed by atoms with Crippen LogP contribution in [0.15, 0.2) is 12.4 Å². The summed E-state index contributed by atoms with van der Waals surface area (Å²) < 4.78 is 2.08. The molecule has 21 heavy (non-hydrogen) atoms. The summed E-state index contributed by atoms with van der Waals surface area (Å²) in [7, 11) is 4.08. The molecule has 0 spiro atoms. The zero-order chi connectivity index (χ0) is 15.5. The number of rotatable bonds is 6. The van der Waals surface area contributed by atoms with Crippen molar-refractivity contribution in [2.45, 2.75) is 39.7 Å². The quantitative estimate of drug-likeness (QED) is 0.800. The molecule has 5 heteroatoms. The smallest absolute Gasteiger partial charge is 0.224 e. The standard InChI is InChI=1S/C16H28N4O/c1-5-14-17-8-11-20(14)9-6-15(21)19(4)13-16(2)7-10-18(3)12-16/h8,11H,5-7,9-10,12-13H2,1-4H3/t16-/m1/s1. The lowest BCUT2D eigenvalue weighted by Crippen LogP contribution is -2.39. The maximum atomic E-state index is 12.3. The minimum atomic E-state index is 0.224. The summed E-state index contributed by atoms with van der Waals surface area (Å²) in [5.74, 6) is 1.27. The molecule has 0 radical (unpaired) electrons. The van der Waals surface area contributed by atoms with Crippen LogP contribution in [0.5, 0.6) is 0 Å². The van der Waals surface area contributed by atoms with Gasteiger partial charge in [-0.3, -0.25) is 4.79 Å². The molecule has 1 aliphatic rings. The average molecular weight is 292 g/mol. The zero-order valence-corrected chi connectivity index (χ0v) is 13.8. The van der Waals surface area contributed by atoms with Crippen LogP contribution in [0.3, 0.4) is 0 Å². The van der Waals surface area contributed by atoms with E-state index in [0.717, 1.165) is 38.4 Å². The molecule has 0 aliphatic carbocycles. The van der Waals surface area contributed by atoms with E-state index in [1.54, 1.807) is 0 Å². The molecule has 1 aromatic rings. The number of likely N-dealkylation sites (tertiary alicyclic amines) is 1. The van der Waals surface area contributed by atoms with Crippen molar-refractivity contribution < 1.29 is 4.79 Å². The Balaban J connectivity index is 1.83. The third-order valence-electron chi connectivity index (χ3n) is 4.48. The van der Waals surface area contributed by atoms with Crippen molar-refractivity contribution in [1.29, 1.82) is 0 Å². The van der Waals surface area contributed by atoms with E-state index in [9.17, 15) is 4.79 Å². The molecule has 1 aliphatic heterocycles. The van der Waals surface area contributed by atoms with Gasteiger partial charge in [0.25, 0.3) is 0 Å². The van der Waals surface area contributed by atoms with Gasteiger partial charge in [-0.2, -0.15) is 0 Å². The SMILES string of the molecule is CCc1nccn1CCC(=O)N(C)C[C@]1(C)CCN(C)C1. The van der Waals surface area contributed by atoms with Crippen LogP contribution < -0.4 is 0 Å². The van der Waals surface area contributed by atoms with Crippen molar-refractivity contribution in [2.24, 2.45) is 5.41 Å². The van der Waals surface area contributed by atoms with Gasteiger partial charge in [-0.05, 0) is 25.4 Å². The first-order chi connectivity index (χ1) is 9.93. The van der Waals surface area contributed by atoms with Crippen molar-refractivity contribution in [3.05, 3.63) is 18.2 Å². The summed E-state index contributed by atoms with van der Waals surface area (Å²) in [4.78, 5) is 20.9. The number of amides is 1. The Morgan fingerprint density at radius 2 is 2.29 bits per heavy atom. The number of hydrogen-bond acceptors (Lipinski definition) is 3. The normalized spacial score (nSPS) is 22.7. The second-order valence-electron chi connectivity index (χ2n) is 6.69. The highest BCUT2D eigenvalue weighted by molar-refractivity contribution is 5.75. The van der Waals surface area contributed by atoms with Gasteiger partial charge in [0.1, 0.15) is 5.82 Å². The number of hydrogen-bond donors (Lipinski definition) is 0. The van der Waals surface area contributed by atoms with Crippen LogP contribution in [0.25, 0.3) is 0 Å². The minimum absolute atomic E-state index is 0.224. The van der Waals surface area contributed by atoms with E-state index in [2.05, 4.69) is 35.3 Å². The average Bonchev–Trinajstić information content (AvgIpc) is 3.02. The van der Waals surface area contributed by atoms with Crippen LogP contribution in [0.2, 0.25) is 0 Å². The molecule has 0 aromatic carbocycles. The number of imidazole rings is 1. The summed E-state index contributed by atoms with van der Waals surface area (Å²) in [6.45, 7) is 8.15. The molecule has 1 atom stereocenters. The Hall–Kier alpha value is -1.36. The monoisotopic (exact) mass is 292 g/mol. The fourth-order valence-electron chi connectivity index (χ4n) is 3.33. The van der Waals surface area contributed by atoms with E-state index in [0.29, 0.717) is 6.42 Å². The fraction of sp³-hybridized carbons (Fsp3) is 0.750. The molecule has 0 saturated carbocycles. The maximum absolute atomic E-state index is 12.3. The van der Waals surface area contributed by atoms with Crippen LogP contribution in [-0.2, 0) is 17.8 Å². The molecule has 1 amide bonds. The molecular formula is C16H28N4O. The molecule has 1 saturated heterocycles. The number of carbonyl (C=O) groups is 1. The van der Waals surface area contributed by atoms with Crippen molar-refractivity contribution in [3.8, 4) is 0 Å². The Morgan fingerprint density at radius 3 is 2.90 bits per heavy atom. The number of aromatic nitrogens is 2. The molecule has 0 N–H and O–H groups in total. The van der Waals surface area contributed by atoms with E-state index >= 15 is 0 Å². The van der Waals surface area contributed by atoms with Gasteiger partial charge >= 0.3 is 0 Å². The van der Waals surface area contributed by atoms with E-state index in [1.807, 2.05) is 24.3 Å². The Morgan fingerprint density at radius 1 is 1.52 bits per heavy atom. The Labute approximate surface area is 127 Å². The van der Waals surface area contributed by atoms with Gasteiger partial charge in [-0.15, -0.1) is 0 Å². The lowest BCUT2D eigenvalue weighted by Gasteiger charge is -2.30. The summed E-state index contributed by atoms with van der Waals surface area (Å²) in [5.41, 5.74) is 0.239. The van der Waals surface area contributed by atoms with Crippen molar-refractivity contribution in [1.82, 2.24) is 19.4 Å². The highest BCUT2D eigenvalue weighted by Crippen LogP contribution is 2.29. The molecule has 0 bridgehead atoms. The first-order valence-electron chi connectivity index (χ1n) is 7.86. The molecule has 1 fully saturated rings. The van der Waals surface area contributed by atoms with Gasteiger partial charge in [0.2, 0.25) is 5.91 Å². The van der Waals surface area contributed by atoms with E-state index in [4.69, 9.17) is 0 Å². The molecule has 2 heterocycles. The minimum Gasteiger partial charge on any atom is -0.345 e. The van der Waals surface area contributed by atoms with Gasteiger partial charge in [-0.25, -0.2) is 4.98 Å². The second kappa shape index (κ2) is 6.60. The van der Waals surface area contributed by atoms with Gasteiger partial charge < -0.3 is 14.4 Å². The van der Waals surface area contributed by atoms with Crippen molar-refractivity contribution >= 4 is 5.91 Å². The van der Waals surface area contributed by atoms with Gasteiger partial charge in [0.05, 0.1) is 0 Å². The van der Waals surface area contributed by atoms with Crippen LogP contribution in [-0.4, -0.2) is 59.0 Å². The summed E-state index contributed by atoms with van der Waals surface area (Å²) in [5, 5.41) is 0. The van der Waals surface area contributed by atoms with Crippen molar-refractivity contribution in [2.75, 3.05) is 33.7 Å². The van der Waals surface area contributed by atoms with Crippen LogP contribution in [0.1, 0.15) is 32.5 Å². The Bertz CT molecular complexity index is 484. The number of nitrogens with zero attached hydrogens (tertiary/aromatic N) is 4. The molecule has 0 unspecified atom stereocenters. The molecular weight excluding hydrogens is 264 g/mol. The number of carbonyl (C=O) groups excluding carboxylic acids is 1. The molecule has 118 valence electrons. The predicted octanol–water partition coefficient (Wildman–Crippen LogP) is 1.64. The topological polar surface area (TPSA) is 41.4 Å². The van der Waals surface area contributed by atoms with Gasteiger partial charge in [-0.1, -0.05) is 13.8 Å². The summed E-state index contributed by atoms with van der Waals surface area (Å²) in [6, 6.07) is 0. The van der Waals surface area contributed by atoms with Crippen LogP contribution in [0.4, 0.5) is 0 Å². The number of aryl methyl sites for hydroxylation is 2. The first-order valence-corrected chi connectivity index (χ1v) is 7.86. The second-order valence-corrected chi connectivity index (χ2v) is 6.69. The van der Waals surface area contributed by atoms with Crippen molar-refractivity contribution in [3.63, 3.8) is 0 Å². The lowest BCUT2D eigenvalue weighted by atomic mass is 9.89. The predicted molar refractivity (Wildman–Crippen MR) is 84.1 cm³/mol. The highest BCUT2D eigenvalue weighted by atomic mass is 16.2.